The molecule has 0 unspecified atom stereocenters. The Morgan fingerprint density at radius 1 is 1.22 bits per heavy atom. The molecule has 4 nitrogen and oxygen atoms in total. The minimum absolute atomic E-state index is 0.491. The van der Waals surface area contributed by atoms with Crippen molar-refractivity contribution in [1.82, 2.24) is 4.57 Å². The van der Waals surface area contributed by atoms with E-state index >= 15 is 0 Å². The minimum Gasteiger partial charge on any atom is -0.372 e. The van der Waals surface area contributed by atoms with E-state index in [9.17, 15) is 9.59 Å². The first-order chi connectivity index (χ1) is 8.67. The number of aryl methyl sites for hydroxylation is 2. The summed E-state index contributed by atoms with van der Waals surface area (Å²) in [6.45, 7) is 4.48. The van der Waals surface area contributed by atoms with Crippen molar-refractivity contribution >= 4 is 10.9 Å². The lowest BCUT2D eigenvalue weighted by Gasteiger charge is -2.07. The van der Waals surface area contributed by atoms with Crippen molar-refractivity contribution < 1.29 is 4.42 Å². The van der Waals surface area contributed by atoms with Crippen LogP contribution in [0.5, 0.6) is 0 Å². The fraction of sp³-hybridized carbons (Fsp3) is 0.429. The molecule has 18 heavy (non-hydrogen) atoms. The third-order valence-electron chi connectivity index (χ3n) is 3.11. The normalized spacial score (nSPS) is 11.0. The van der Waals surface area contributed by atoms with Crippen LogP contribution in [-0.4, -0.2) is 4.57 Å². The average molecular weight is 247 g/mol. The number of nitrogens with zero attached hydrogens (tertiary/aromatic N) is 1. The number of unbranched alkanes of at least 4 members (excludes halogenated alkanes) is 1. The van der Waals surface area contributed by atoms with Gasteiger partial charge in [-0.1, -0.05) is 19.4 Å². The van der Waals surface area contributed by atoms with Crippen LogP contribution in [0.15, 0.2) is 32.2 Å². The van der Waals surface area contributed by atoms with Gasteiger partial charge in [0.2, 0.25) is 0 Å². The van der Waals surface area contributed by atoms with Crippen molar-refractivity contribution in [1.29, 1.82) is 0 Å². The number of aromatic nitrogens is 1. The molecule has 0 saturated carbocycles. The van der Waals surface area contributed by atoms with Crippen LogP contribution in [0.3, 0.4) is 0 Å². The van der Waals surface area contributed by atoms with E-state index in [1.807, 2.05) is 25.1 Å². The molecule has 0 N–H and O–H groups in total. The Morgan fingerprint density at radius 2 is 2.00 bits per heavy atom. The Bertz CT molecular complexity index is 667. The smallest absolute Gasteiger partial charge is 0.372 e. The highest BCUT2D eigenvalue weighted by atomic mass is 16.4. The quantitative estimate of drug-likeness (QED) is 0.833. The zero-order valence-electron chi connectivity index (χ0n) is 10.7. The number of hydrogen-bond acceptors (Lipinski definition) is 3. The molecule has 1 aromatic carbocycles. The van der Waals surface area contributed by atoms with E-state index in [2.05, 4.69) is 6.92 Å². The summed E-state index contributed by atoms with van der Waals surface area (Å²) < 4.78 is 6.20. The molecule has 0 aliphatic carbocycles. The standard InChI is InChI=1S/C14H17NO3/c1-3-5-6-10-7-8-12-11(9-10)13(16)18-14(17)15(12)4-2/h7-9H,3-6H2,1-2H3. The molecule has 0 spiro atoms. The van der Waals surface area contributed by atoms with Gasteiger partial charge in [-0.3, -0.25) is 4.57 Å². The molecule has 96 valence electrons. The molecule has 1 heterocycles. The molecule has 0 fully saturated rings. The Hall–Kier alpha value is -1.84. The Labute approximate surface area is 105 Å². The summed E-state index contributed by atoms with van der Waals surface area (Å²) >= 11 is 0. The van der Waals surface area contributed by atoms with Gasteiger partial charge in [0.15, 0.2) is 0 Å². The summed E-state index contributed by atoms with van der Waals surface area (Å²) in [5.41, 5.74) is 1.22. The molecule has 2 aromatic rings. The number of hydrogen-bond donors (Lipinski definition) is 0. The summed E-state index contributed by atoms with van der Waals surface area (Å²) in [5, 5.41) is 0.491. The van der Waals surface area contributed by atoms with Gasteiger partial charge in [-0.2, -0.15) is 0 Å². The molecule has 0 bridgehead atoms. The third-order valence-corrected chi connectivity index (χ3v) is 3.11. The Balaban J connectivity index is 2.64. The van der Waals surface area contributed by atoms with Crippen LogP contribution in [-0.2, 0) is 13.0 Å². The lowest BCUT2D eigenvalue weighted by atomic mass is 10.1. The molecule has 1 aromatic heterocycles. The van der Waals surface area contributed by atoms with Gasteiger partial charge in [-0.15, -0.1) is 0 Å². The minimum atomic E-state index is -0.587. The van der Waals surface area contributed by atoms with Crippen LogP contribution in [0, 0.1) is 0 Å². The summed E-state index contributed by atoms with van der Waals surface area (Å²) in [4.78, 5) is 23.3. The fourth-order valence-electron chi connectivity index (χ4n) is 2.11. The van der Waals surface area contributed by atoms with E-state index in [1.165, 1.54) is 4.57 Å². The maximum absolute atomic E-state index is 11.7. The van der Waals surface area contributed by atoms with Crippen LogP contribution in [0.2, 0.25) is 0 Å². The lowest BCUT2D eigenvalue weighted by molar-refractivity contribution is 0.421. The predicted octanol–water partition coefficient (Wildman–Crippen LogP) is 2.32. The topological polar surface area (TPSA) is 52.2 Å². The van der Waals surface area contributed by atoms with Crippen LogP contribution in [0.4, 0.5) is 0 Å². The first-order valence-corrected chi connectivity index (χ1v) is 6.34. The summed E-state index contributed by atoms with van der Waals surface area (Å²) in [6, 6.07) is 5.65. The number of rotatable bonds is 4. The van der Waals surface area contributed by atoms with Crippen molar-refractivity contribution in [3.63, 3.8) is 0 Å². The zero-order valence-corrected chi connectivity index (χ0v) is 10.7. The molecular formula is C14H17NO3. The van der Waals surface area contributed by atoms with E-state index in [0.717, 1.165) is 24.8 Å². The van der Waals surface area contributed by atoms with Gasteiger partial charge in [0, 0.05) is 6.54 Å². The lowest BCUT2D eigenvalue weighted by Crippen LogP contribution is -2.24. The van der Waals surface area contributed by atoms with Gasteiger partial charge in [0.05, 0.1) is 10.9 Å². The maximum Gasteiger partial charge on any atom is 0.422 e. The van der Waals surface area contributed by atoms with Gasteiger partial charge in [-0.25, -0.2) is 9.59 Å². The van der Waals surface area contributed by atoms with Crippen LogP contribution in [0.1, 0.15) is 32.3 Å². The van der Waals surface area contributed by atoms with Crippen molar-refractivity contribution in [3.8, 4) is 0 Å². The monoisotopic (exact) mass is 247 g/mol. The average Bonchev–Trinajstić information content (AvgIpc) is 2.37. The largest absolute Gasteiger partial charge is 0.422 e. The fourth-order valence-corrected chi connectivity index (χ4v) is 2.11. The molecule has 0 saturated heterocycles. The van der Waals surface area contributed by atoms with Gasteiger partial charge in [0.1, 0.15) is 0 Å². The van der Waals surface area contributed by atoms with Crippen LogP contribution in [0.25, 0.3) is 10.9 Å². The van der Waals surface area contributed by atoms with Gasteiger partial charge in [-0.05, 0) is 37.5 Å². The number of benzene rings is 1. The Morgan fingerprint density at radius 3 is 2.67 bits per heavy atom. The van der Waals surface area contributed by atoms with E-state index < -0.39 is 11.4 Å². The maximum atomic E-state index is 11.7. The molecule has 0 radical (unpaired) electrons. The van der Waals surface area contributed by atoms with Crippen molar-refractivity contribution in [3.05, 3.63) is 44.7 Å². The van der Waals surface area contributed by atoms with Crippen LogP contribution >= 0.6 is 0 Å². The van der Waals surface area contributed by atoms with Crippen LogP contribution < -0.4 is 11.4 Å². The van der Waals surface area contributed by atoms with E-state index in [0.29, 0.717) is 17.4 Å². The van der Waals surface area contributed by atoms with E-state index in [1.54, 1.807) is 0 Å². The molecule has 4 heteroatoms. The summed E-state index contributed by atoms with van der Waals surface area (Å²) in [7, 11) is 0. The van der Waals surface area contributed by atoms with Gasteiger partial charge in [0.25, 0.3) is 0 Å². The first-order valence-electron chi connectivity index (χ1n) is 6.34. The van der Waals surface area contributed by atoms with E-state index in [-0.39, 0.29) is 0 Å². The van der Waals surface area contributed by atoms with E-state index in [4.69, 9.17) is 4.42 Å². The Kier molecular flexibility index (Phi) is 3.65. The molecule has 0 aliphatic rings. The summed E-state index contributed by atoms with van der Waals surface area (Å²) in [5.74, 6) is -0.587. The second-order valence-corrected chi connectivity index (χ2v) is 4.35. The molecule has 0 aliphatic heterocycles. The van der Waals surface area contributed by atoms with Crippen molar-refractivity contribution in [2.75, 3.05) is 0 Å². The highest BCUT2D eigenvalue weighted by Gasteiger charge is 2.08. The van der Waals surface area contributed by atoms with Gasteiger partial charge < -0.3 is 4.42 Å². The molecule has 0 amide bonds. The molecule has 2 rings (SSSR count). The summed E-state index contributed by atoms with van der Waals surface area (Å²) in [6.07, 6.45) is 3.14. The second-order valence-electron chi connectivity index (χ2n) is 4.35. The molecule has 0 atom stereocenters. The zero-order chi connectivity index (χ0) is 13.1. The number of fused-ring (bicyclic) bond motifs is 1. The SMILES string of the molecule is CCCCc1ccc2c(c1)c(=O)oc(=O)n2CC. The first kappa shape index (κ1) is 12.6. The molecular weight excluding hydrogens is 230 g/mol. The second kappa shape index (κ2) is 5.21. The predicted molar refractivity (Wildman–Crippen MR) is 71.0 cm³/mol. The van der Waals surface area contributed by atoms with Crippen molar-refractivity contribution in [2.45, 2.75) is 39.7 Å². The highest BCUT2D eigenvalue weighted by Crippen LogP contribution is 2.13. The van der Waals surface area contributed by atoms with Crippen molar-refractivity contribution in [2.24, 2.45) is 0 Å². The third kappa shape index (κ3) is 2.23. The van der Waals surface area contributed by atoms with Gasteiger partial charge >= 0.3 is 11.4 Å². The highest BCUT2D eigenvalue weighted by molar-refractivity contribution is 5.78.